The van der Waals surface area contributed by atoms with Crippen LogP contribution in [-0.4, -0.2) is 5.91 Å². The van der Waals surface area contributed by atoms with Gasteiger partial charge in [-0.3, -0.25) is 4.79 Å². The van der Waals surface area contributed by atoms with Gasteiger partial charge in [-0.1, -0.05) is 48.5 Å². The van der Waals surface area contributed by atoms with E-state index in [4.69, 9.17) is 0 Å². The van der Waals surface area contributed by atoms with E-state index in [1.807, 2.05) is 42.5 Å². The maximum absolute atomic E-state index is 12.5. The minimum absolute atomic E-state index is 0.0366. The number of anilines is 1. The molecule has 2 aliphatic rings. The van der Waals surface area contributed by atoms with E-state index >= 15 is 0 Å². The Morgan fingerprint density at radius 3 is 2.45 bits per heavy atom. The quantitative estimate of drug-likeness (QED) is 0.554. The molecule has 1 aliphatic heterocycles. The molecule has 0 spiro atoms. The van der Waals surface area contributed by atoms with Crippen LogP contribution in [-0.2, 0) is 19.6 Å². The van der Waals surface area contributed by atoms with Gasteiger partial charge in [0.1, 0.15) is 0 Å². The topological polar surface area (TPSA) is 32.3 Å². The Morgan fingerprint density at radius 2 is 1.68 bits per heavy atom. The van der Waals surface area contributed by atoms with Crippen LogP contribution in [0.3, 0.4) is 0 Å². The highest BCUT2D eigenvalue weighted by Crippen LogP contribution is 2.33. The van der Waals surface area contributed by atoms with Gasteiger partial charge in [0.15, 0.2) is 0 Å². The van der Waals surface area contributed by atoms with E-state index in [9.17, 15) is 4.79 Å². The fraction of sp³-hybridized carbons (Fsp3) is 0.250. The van der Waals surface area contributed by atoms with Crippen LogP contribution in [0.1, 0.15) is 58.3 Å². The average Bonchev–Trinajstić information content (AvgIpc) is 3.27. The van der Waals surface area contributed by atoms with Gasteiger partial charge in [-0.2, -0.15) is 0 Å². The summed E-state index contributed by atoms with van der Waals surface area (Å²) >= 11 is 0. The first kappa shape index (κ1) is 19.6. The molecule has 1 amide bonds. The van der Waals surface area contributed by atoms with Crippen LogP contribution < -0.4 is 10.2 Å². The molecular weight excluding hydrogens is 380 g/mol. The molecule has 0 bridgehead atoms. The molecule has 3 aromatic rings. The average molecular weight is 409 g/mol. The molecular formula is C28H28N2O. The summed E-state index contributed by atoms with van der Waals surface area (Å²) in [4.78, 5) is 14.9. The zero-order chi connectivity index (χ0) is 21.0. The van der Waals surface area contributed by atoms with Gasteiger partial charge >= 0.3 is 0 Å². The van der Waals surface area contributed by atoms with Gasteiger partial charge < -0.3 is 10.2 Å². The number of nitrogens with one attached hydrogen (secondary N) is 1. The zero-order valence-electron chi connectivity index (χ0n) is 17.8. The van der Waals surface area contributed by atoms with Crippen LogP contribution >= 0.6 is 0 Å². The summed E-state index contributed by atoms with van der Waals surface area (Å²) < 4.78 is 0. The van der Waals surface area contributed by atoms with Crippen molar-refractivity contribution in [3.8, 4) is 0 Å². The summed E-state index contributed by atoms with van der Waals surface area (Å²) in [5.74, 6) is -0.0366. The maximum Gasteiger partial charge on any atom is 0.251 e. The lowest BCUT2D eigenvalue weighted by Gasteiger charge is -2.18. The van der Waals surface area contributed by atoms with Crippen molar-refractivity contribution in [2.24, 2.45) is 0 Å². The first-order valence-electron chi connectivity index (χ1n) is 11.2. The second-order valence-corrected chi connectivity index (χ2v) is 8.53. The molecule has 0 radical (unpaired) electrons. The normalized spacial score (nSPS) is 15.4. The van der Waals surface area contributed by atoms with Gasteiger partial charge in [-0.05, 0) is 83.8 Å². The maximum atomic E-state index is 12.5. The molecule has 3 heteroatoms. The summed E-state index contributed by atoms with van der Waals surface area (Å²) in [6.07, 6.45) is 7.46. The standard InChI is InChI=1S/C28H28N2O/c31-28(29-18-21-7-3-1-4-8-21)23-13-15-27(16-14-23)30-19-25-12-11-24(17-26(25)20-30)22-9-5-2-6-10-22/h1,3-4,7-9,11-17H,2,5-6,10,18-20H2,(H,29,31). The molecule has 3 aromatic carbocycles. The minimum atomic E-state index is -0.0366. The lowest BCUT2D eigenvalue weighted by atomic mass is 9.92. The number of hydrogen-bond donors (Lipinski definition) is 1. The third-order valence-corrected chi connectivity index (χ3v) is 6.38. The van der Waals surface area contributed by atoms with Gasteiger partial charge in [-0.25, -0.2) is 0 Å². The number of carbonyl (C=O) groups is 1. The van der Waals surface area contributed by atoms with Crippen LogP contribution in [0.25, 0.3) is 5.57 Å². The number of rotatable bonds is 5. The second kappa shape index (κ2) is 8.81. The van der Waals surface area contributed by atoms with Gasteiger partial charge in [0.05, 0.1) is 0 Å². The third-order valence-electron chi connectivity index (χ3n) is 6.38. The molecule has 0 saturated heterocycles. The third kappa shape index (κ3) is 4.41. The van der Waals surface area contributed by atoms with Crippen LogP contribution in [0.5, 0.6) is 0 Å². The Hall–Kier alpha value is -3.33. The van der Waals surface area contributed by atoms with E-state index in [1.165, 1.54) is 47.9 Å². The molecule has 3 nitrogen and oxygen atoms in total. The molecule has 1 N–H and O–H groups in total. The van der Waals surface area contributed by atoms with Crippen LogP contribution in [0.15, 0.2) is 78.9 Å². The summed E-state index contributed by atoms with van der Waals surface area (Å²) in [5, 5.41) is 3.00. The zero-order valence-corrected chi connectivity index (χ0v) is 17.8. The van der Waals surface area contributed by atoms with Crippen molar-refractivity contribution >= 4 is 17.2 Å². The van der Waals surface area contributed by atoms with Crippen molar-refractivity contribution in [3.63, 3.8) is 0 Å². The largest absolute Gasteiger partial charge is 0.363 e. The number of benzene rings is 3. The molecule has 1 heterocycles. The predicted molar refractivity (Wildman–Crippen MR) is 127 cm³/mol. The van der Waals surface area contributed by atoms with E-state index in [2.05, 4.69) is 46.6 Å². The number of carbonyl (C=O) groups excluding carboxylic acids is 1. The number of allylic oxidation sites excluding steroid dienone is 2. The molecule has 0 atom stereocenters. The smallest absolute Gasteiger partial charge is 0.251 e. The minimum Gasteiger partial charge on any atom is -0.363 e. The molecule has 0 saturated carbocycles. The van der Waals surface area contributed by atoms with Crippen molar-refractivity contribution < 1.29 is 4.79 Å². The molecule has 156 valence electrons. The van der Waals surface area contributed by atoms with Crippen LogP contribution in [0, 0.1) is 0 Å². The molecule has 0 aromatic heterocycles. The lowest BCUT2D eigenvalue weighted by molar-refractivity contribution is 0.0951. The Bertz CT molecular complexity index is 1100. The fourth-order valence-corrected chi connectivity index (χ4v) is 4.58. The Labute approximate surface area is 184 Å². The highest BCUT2D eigenvalue weighted by molar-refractivity contribution is 5.94. The highest BCUT2D eigenvalue weighted by Gasteiger charge is 2.20. The number of nitrogens with zero attached hydrogens (tertiary/aromatic N) is 1. The Balaban J connectivity index is 1.23. The Morgan fingerprint density at radius 1 is 0.871 bits per heavy atom. The highest BCUT2D eigenvalue weighted by atomic mass is 16.1. The summed E-state index contributed by atoms with van der Waals surface area (Å²) in [6, 6.07) is 24.9. The van der Waals surface area contributed by atoms with Gasteiger partial charge in [-0.15, -0.1) is 0 Å². The second-order valence-electron chi connectivity index (χ2n) is 8.53. The number of fused-ring (bicyclic) bond motifs is 1. The van der Waals surface area contributed by atoms with Crippen LogP contribution in [0.4, 0.5) is 5.69 Å². The van der Waals surface area contributed by atoms with E-state index in [0.717, 1.165) is 24.3 Å². The Kier molecular flexibility index (Phi) is 5.57. The van der Waals surface area contributed by atoms with Crippen molar-refractivity contribution in [2.45, 2.75) is 45.3 Å². The summed E-state index contributed by atoms with van der Waals surface area (Å²) in [5.41, 5.74) is 8.70. The SMILES string of the molecule is O=C(NCc1ccccc1)c1ccc(N2Cc3ccc(C4=CCCCC4)cc3C2)cc1. The van der Waals surface area contributed by atoms with Gasteiger partial charge in [0.2, 0.25) is 0 Å². The van der Waals surface area contributed by atoms with Gasteiger partial charge in [0, 0.05) is 30.9 Å². The summed E-state index contributed by atoms with van der Waals surface area (Å²) in [6.45, 7) is 2.39. The number of amides is 1. The van der Waals surface area contributed by atoms with E-state index in [1.54, 1.807) is 0 Å². The predicted octanol–water partition coefficient (Wildman–Crippen LogP) is 6.09. The van der Waals surface area contributed by atoms with E-state index in [-0.39, 0.29) is 5.91 Å². The monoisotopic (exact) mass is 408 g/mol. The molecule has 0 fully saturated rings. The van der Waals surface area contributed by atoms with Crippen molar-refractivity contribution in [3.05, 3.63) is 107 Å². The summed E-state index contributed by atoms with van der Waals surface area (Å²) in [7, 11) is 0. The number of hydrogen-bond acceptors (Lipinski definition) is 2. The van der Waals surface area contributed by atoms with Crippen LogP contribution in [0.2, 0.25) is 0 Å². The first-order chi connectivity index (χ1) is 15.3. The van der Waals surface area contributed by atoms with E-state index < -0.39 is 0 Å². The first-order valence-corrected chi connectivity index (χ1v) is 11.2. The lowest BCUT2D eigenvalue weighted by Crippen LogP contribution is -2.23. The fourth-order valence-electron chi connectivity index (χ4n) is 4.58. The van der Waals surface area contributed by atoms with Gasteiger partial charge in [0.25, 0.3) is 5.91 Å². The van der Waals surface area contributed by atoms with Crippen molar-refractivity contribution in [2.75, 3.05) is 4.90 Å². The molecule has 5 rings (SSSR count). The van der Waals surface area contributed by atoms with Crippen molar-refractivity contribution in [1.82, 2.24) is 5.32 Å². The van der Waals surface area contributed by atoms with E-state index in [0.29, 0.717) is 12.1 Å². The molecule has 1 aliphatic carbocycles. The molecule has 31 heavy (non-hydrogen) atoms. The van der Waals surface area contributed by atoms with Crippen molar-refractivity contribution in [1.29, 1.82) is 0 Å². The molecule has 0 unspecified atom stereocenters.